The average Bonchev–Trinajstić information content (AvgIpc) is 2.32. The third kappa shape index (κ3) is 9.38. The lowest BCUT2D eigenvalue weighted by Crippen LogP contribution is -1.95. The van der Waals surface area contributed by atoms with Crippen molar-refractivity contribution in [3.8, 4) is 0 Å². The molecule has 0 unspecified atom stereocenters. The van der Waals surface area contributed by atoms with Gasteiger partial charge in [-0.25, -0.2) is 0 Å². The molecule has 0 aromatic heterocycles. The van der Waals surface area contributed by atoms with Crippen LogP contribution in [0.2, 0.25) is 0 Å². The van der Waals surface area contributed by atoms with Crippen LogP contribution in [0.4, 0.5) is 0 Å². The Morgan fingerprint density at radius 2 is 1.00 bits per heavy atom. The number of hydrogen-bond donors (Lipinski definition) is 0. The number of rotatable bonds is 0. The van der Waals surface area contributed by atoms with Crippen molar-refractivity contribution in [3.05, 3.63) is 0 Å². The number of nitrogens with zero attached hydrogens (tertiary/aromatic N) is 1. The molecule has 0 aliphatic carbocycles. The minimum absolute atomic E-state index is 1.08. The molecule has 0 atom stereocenters. The quantitative estimate of drug-likeness (QED) is 0.525. The summed E-state index contributed by atoms with van der Waals surface area (Å²) in [4.78, 5) is 4.67. The SMILES string of the molecule is CC1=NCCCCCCCCCCCCCC1. The molecule has 0 bridgehead atoms. The minimum atomic E-state index is 1.08. The predicted octanol–water partition coefficient (Wildman–Crippen LogP) is 5.53. The van der Waals surface area contributed by atoms with Crippen molar-refractivity contribution in [2.45, 2.75) is 90.4 Å². The third-order valence-electron chi connectivity index (χ3n) is 3.83. The molecule has 1 aliphatic rings. The first-order valence-corrected chi connectivity index (χ1v) is 7.89. The summed E-state index contributed by atoms with van der Waals surface area (Å²) in [6.07, 6.45) is 18.3. The summed E-state index contributed by atoms with van der Waals surface area (Å²) in [5.74, 6) is 0. The molecular weight excluding hydrogens is 206 g/mol. The first kappa shape index (κ1) is 14.7. The van der Waals surface area contributed by atoms with Crippen LogP contribution in [0, 0.1) is 0 Å². The van der Waals surface area contributed by atoms with Crippen LogP contribution in [0.3, 0.4) is 0 Å². The lowest BCUT2D eigenvalue weighted by molar-refractivity contribution is 0.541. The summed E-state index contributed by atoms with van der Waals surface area (Å²) < 4.78 is 0. The number of hydrogen-bond acceptors (Lipinski definition) is 1. The molecule has 1 aliphatic heterocycles. The first-order valence-electron chi connectivity index (χ1n) is 7.89. The molecule has 0 N–H and O–H groups in total. The summed E-state index contributed by atoms with van der Waals surface area (Å²) in [5.41, 5.74) is 1.39. The van der Waals surface area contributed by atoms with E-state index >= 15 is 0 Å². The maximum atomic E-state index is 4.67. The van der Waals surface area contributed by atoms with Gasteiger partial charge in [-0.2, -0.15) is 0 Å². The van der Waals surface area contributed by atoms with Crippen molar-refractivity contribution in [2.24, 2.45) is 4.99 Å². The van der Waals surface area contributed by atoms with Crippen LogP contribution < -0.4 is 0 Å². The molecule has 0 aromatic rings. The molecule has 0 saturated carbocycles. The van der Waals surface area contributed by atoms with Crippen molar-refractivity contribution >= 4 is 5.71 Å². The molecule has 0 radical (unpaired) electrons. The fourth-order valence-corrected chi connectivity index (χ4v) is 2.61. The van der Waals surface area contributed by atoms with Gasteiger partial charge in [-0.05, 0) is 26.2 Å². The Morgan fingerprint density at radius 3 is 1.53 bits per heavy atom. The van der Waals surface area contributed by atoms with Crippen molar-refractivity contribution in [3.63, 3.8) is 0 Å². The second kappa shape index (κ2) is 10.8. The molecule has 0 spiro atoms. The Labute approximate surface area is 108 Å². The van der Waals surface area contributed by atoms with Crippen LogP contribution in [0.15, 0.2) is 4.99 Å². The van der Waals surface area contributed by atoms with Crippen molar-refractivity contribution in [2.75, 3.05) is 6.54 Å². The van der Waals surface area contributed by atoms with Gasteiger partial charge in [0.2, 0.25) is 0 Å². The van der Waals surface area contributed by atoms with E-state index in [2.05, 4.69) is 11.9 Å². The van der Waals surface area contributed by atoms with E-state index in [0.717, 1.165) is 6.54 Å². The Kier molecular flexibility index (Phi) is 9.36. The molecule has 1 rings (SSSR count). The standard InChI is InChI=1S/C16H31N/c1-16-14-12-10-8-6-4-2-3-5-7-9-11-13-15-17-16/h2-15H2,1H3. The Bertz CT molecular complexity index is 196. The summed E-state index contributed by atoms with van der Waals surface area (Å²) >= 11 is 0. The molecule has 1 heteroatoms. The molecule has 0 aromatic carbocycles. The molecule has 1 nitrogen and oxygen atoms in total. The fraction of sp³-hybridized carbons (Fsp3) is 0.938. The summed E-state index contributed by atoms with van der Waals surface area (Å²) in [6.45, 7) is 3.29. The maximum Gasteiger partial charge on any atom is 0.0388 e. The van der Waals surface area contributed by atoms with E-state index in [1.165, 1.54) is 89.2 Å². The molecule has 1 heterocycles. The van der Waals surface area contributed by atoms with E-state index in [0.29, 0.717) is 0 Å². The van der Waals surface area contributed by atoms with Gasteiger partial charge in [0.25, 0.3) is 0 Å². The maximum absolute atomic E-state index is 4.67. The molecule has 17 heavy (non-hydrogen) atoms. The zero-order valence-corrected chi connectivity index (χ0v) is 11.8. The molecule has 0 fully saturated rings. The van der Waals surface area contributed by atoms with E-state index in [9.17, 15) is 0 Å². The van der Waals surface area contributed by atoms with Gasteiger partial charge >= 0.3 is 0 Å². The fourth-order valence-electron chi connectivity index (χ4n) is 2.61. The lowest BCUT2D eigenvalue weighted by atomic mass is 10.0. The lowest BCUT2D eigenvalue weighted by Gasteiger charge is -2.05. The number of aliphatic imine (C=N–C) groups is 1. The third-order valence-corrected chi connectivity index (χ3v) is 3.83. The predicted molar refractivity (Wildman–Crippen MR) is 78.0 cm³/mol. The monoisotopic (exact) mass is 237 g/mol. The zero-order valence-electron chi connectivity index (χ0n) is 11.8. The summed E-state index contributed by atoms with van der Waals surface area (Å²) in [7, 11) is 0. The Hall–Kier alpha value is -0.330. The normalized spacial score (nSPS) is 23.0. The Balaban J connectivity index is 2.18. The average molecular weight is 237 g/mol. The summed E-state index contributed by atoms with van der Waals surface area (Å²) in [5, 5.41) is 0. The van der Waals surface area contributed by atoms with Gasteiger partial charge in [0.1, 0.15) is 0 Å². The van der Waals surface area contributed by atoms with Crippen LogP contribution in [0.5, 0.6) is 0 Å². The first-order chi connectivity index (χ1) is 8.39. The van der Waals surface area contributed by atoms with Crippen LogP contribution in [0.25, 0.3) is 0 Å². The van der Waals surface area contributed by atoms with E-state index in [4.69, 9.17) is 0 Å². The van der Waals surface area contributed by atoms with Gasteiger partial charge in [0.05, 0.1) is 0 Å². The highest BCUT2D eigenvalue weighted by Gasteiger charge is 1.97. The largest absolute Gasteiger partial charge is 0.294 e. The highest BCUT2D eigenvalue weighted by Crippen LogP contribution is 2.13. The van der Waals surface area contributed by atoms with E-state index in [-0.39, 0.29) is 0 Å². The second-order valence-corrected chi connectivity index (χ2v) is 5.61. The van der Waals surface area contributed by atoms with Crippen molar-refractivity contribution in [1.82, 2.24) is 0 Å². The van der Waals surface area contributed by atoms with Gasteiger partial charge in [0.15, 0.2) is 0 Å². The molecule has 100 valence electrons. The highest BCUT2D eigenvalue weighted by molar-refractivity contribution is 5.81. The van der Waals surface area contributed by atoms with Gasteiger partial charge in [-0.15, -0.1) is 0 Å². The highest BCUT2D eigenvalue weighted by atomic mass is 14.7. The van der Waals surface area contributed by atoms with Crippen LogP contribution >= 0.6 is 0 Å². The van der Waals surface area contributed by atoms with Crippen molar-refractivity contribution in [1.29, 1.82) is 0 Å². The summed E-state index contributed by atoms with van der Waals surface area (Å²) in [6, 6.07) is 0. The molecule has 0 amide bonds. The van der Waals surface area contributed by atoms with E-state index in [1.54, 1.807) is 0 Å². The van der Waals surface area contributed by atoms with Gasteiger partial charge in [-0.1, -0.05) is 64.2 Å². The molecule has 0 saturated heterocycles. The minimum Gasteiger partial charge on any atom is -0.294 e. The van der Waals surface area contributed by atoms with Crippen molar-refractivity contribution < 1.29 is 0 Å². The van der Waals surface area contributed by atoms with Crippen LogP contribution in [-0.2, 0) is 0 Å². The molecular formula is C16H31N. The van der Waals surface area contributed by atoms with Gasteiger partial charge < -0.3 is 0 Å². The topological polar surface area (TPSA) is 12.4 Å². The van der Waals surface area contributed by atoms with E-state index in [1.807, 2.05) is 0 Å². The Morgan fingerprint density at radius 1 is 0.588 bits per heavy atom. The second-order valence-electron chi connectivity index (χ2n) is 5.61. The zero-order chi connectivity index (χ0) is 12.2. The van der Waals surface area contributed by atoms with Crippen LogP contribution in [0.1, 0.15) is 90.4 Å². The van der Waals surface area contributed by atoms with Gasteiger partial charge in [0, 0.05) is 12.3 Å². The van der Waals surface area contributed by atoms with Gasteiger partial charge in [-0.3, -0.25) is 4.99 Å². The van der Waals surface area contributed by atoms with E-state index < -0.39 is 0 Å². The smallest absolute Gasteiger partial charge is 0.0388 e. The van der Waals surface area contributed by atoms with Crippen LogP contribution in [-0.4, -0.2) is 12.3 Å².